The molecule has 0 N–H and O–H groups in total. The summed E-state index contributed by atoms with van der Waals surface area (Å²) in [6, 6.07) is 89.4. The number of benzene rings is 12. The first-order valence-corrected chi connectivity index (χ1v) is 26.2. The maximum Gasteiger partial charge on any atom is 0.256 e. The van der Waals surface area contributed by atoms with E-state index in [1.54, 1.807) is 0 Å². The number of hydrogen-bond acceptors (Lipinski definition) is 2. The van der Waals surface area contributed by atoms with Gasteiger partial charge in [-0.2, -0.15) is 0 Å². The molecule has 0 bridgehead atoms. The Hall–Kier alpha value is -10.1. The van der Waals surface area contributed by atoms with Crippen LogP contribution in [0.3, 0.4) is 0 Å². The van der Waals surface area contributed by atoms with Gasteiger partial charge in [-0.15, -0.1) is 0 Å². The largest absolute Gasteiger partial charge is 0.456 e. The zero-order valence-corrected chi connectivity index (χ0v) is 41.6. The molecule has 5 heteroatoms. The van der Waals surface area contributed by atoms with Gasteiger partial charge in [0.15, 0.2) is 0 Å². The molecule has 0 radical (unpaired) electrons. The Morgan fingerprint density at radius 2 is 0.922 bits per heavy atom. The zero-order valence-electron chi connectivity index (χ0n) is 45.6. The monoisotopic (exact) mass is 983 g/mol. The highest BCUT2D eigenvalue weighted by atomic mass is 16.5. The minimum atomic E-state index is -0.412. The lowest BCUT2D eigenvalue weighted by Gasteiger charge is -2.42. The molecular formula is C72H46BN3O. The molecule has 2 aromatic heterocycles. The van der Waals surface area contributed by atoms with Crippen molar-refractivity contribution in [1.82, 2.24) is 9.13 Å². The summed E-state index contributed by atoms with van der Waals surface area (Å²) < 4.78 is 49.1. The van der Waals surface area contributed by atoms with E-state index in [9.17, 15) is 2.74 Å². The molecule has 12 aromatic carbocycles. The van der Waals surface area contributed by atoms with Crippen LogP contribution in [0.2, 0.25) is 0 Å². The fourth-order valence-corrected chi connectivity index (χ4v) is 12.6. The Morgan fingerprint density at radius 1 is 0.364 bits per heavy atom. The van der Waals surface area contributed by atoms with Crippen LogP contribution in [0.15, 0.2) is 279 Å². The molecule has 0 atom stereocenters. The minimum Gasteiger partial charge on any atom is -0.456 e. The van der Waals surface area contributed by atoms with Gasteiger partial charge in [-0.25, -0.2) is 0 Å². The van der Waals surface area contributed by atoms with Crippen LogP contribution in [0.25, 0.3) is 99.5 Å². The summed E-state index contributed by atoms with van der Waals surface area (Å²) in [6.07, 6.45) is 0. The van der Waals surface area contributed by atoms with Crippen molar-refractivity contribution in [2.75, 3.05) is 4.90 Å². The Bertz CT molecular complexity index is 4780. The van der Waals surface area contributed by atoms with Crippen molar-refractivity contribution in [2.24, 2.45) is 0 Å². The molecular weight excluding hydrogens is 934 g/mol. The zero-order chi connectivity index (χ0) is 54.0. The summed E-state index contributed by atoms with van der Waals surface area (Å²) in [6.45, 7) is -0.412. The molecule has 0 fully saturated rings. The number of para-hydroxylation sites is 5. The minimum absolute atomic E-state index is 0.0921. The van der Waals surface area contributed by atoms with Gasteiger partial charge in [-0.3, -0.25) is 0 Å². The highest BCUT2D eigenvalue weighted by Crippen LogP contribution is 2.52. The van der Waals surface area contributed by atoms with Crippen LogP contribution >= 0.6 is 0 Å². The van der Waals surface area contributed by atoms with Gasteiger partial charge in [-0.05, 0) is 92.7 Å². The van der Waals surface area contributed by atoms with E-state index in [1.165, 1.54) is 10.8 Å². The molecule has 4 heterocycles. The fraction of sp³-hybridized carbons (Fsp3) is 0. The Labute approximate surface area is 452 Å². The Morgan fingerprint density at radius 3 is 1.56 bits per heavy atom. The van der Waals surface area contributed by atoms with Crippen LogP contribution in [-0.2, 0) is 0 Å². The molecule has 0 unspecified atom stereocenters. The van der Waals surface area contributed by atoms with Gasteiger partial charge in [0.25, 0.3) is 6.71 Å². The van der Waals surface area contributed by atoms with Crippen molar-refractivity contribution < 1.29 is 10.2 Å². The molecule has 0 spiro atoms. The number of ether oxygens (including phenoxy) is 1. The van der Waals surface area contributed by atoms with E-state index >= 15 is 0 Å². The lowest BCUT2D eigenvalue weighted by Crippen LogP contribution is -2.59. The number of anilines is 3. The summed E-state index contributed by atoms with van der Waals surface area (Å²) in [5.41, 5.74) is 19.5. The number of aromatic nitrogens is 2. The molecule has 358 valence electrons. The summed E-state index contributed by atoms with van der Waals surface area (Å²) >= 11 is 0. The quantitative estimate of drug-likeness (QED) is 0.149. The summed E-state index contributed by atoms with van der Waals surface area (Å²) in [7, 11) is 0. The Kier molecular flexibility index (Phi) is 8.82. The van der Waals surface area contributed by atoms with Gasteiger partial charge in [0.2, 0.25) is 0 Å². The molecule has 2 aliphatic heterocycles. The van der Waals surface area contributed by atoms with Crippen molar-refractivity contribution >= 4 is 83.8 Å². The van der Waals surface area contributed by atoms with Crippen molar-refractivity contribution in [3.8, 4) is 67.4 Å². The van der Waals surface area contributed by atoms with Crippen molar-refractivity contribution in [1.29, 1.82) is 0 Å². The van der Waals surface area contributed by atoms with Crippen molar-refractivity contribution in [3.05, 3.63) is 279 Å². The molecule has 0 saturated carbocycles. The third kappa shape index (κ3) is 6.60. The van der Waals surface area contributed by atoms with Crippen LogP contribution in [0.1, 0.15) is 5.48 Å². The predicted molar refractivity (Wildman–Crippen MR) is 323 cm³/mol. The molecule has 0 saturated heterocycles. The maximum atomic E-state index is 9.53. The molecule has 0 aliphatic carbocycles. The van der Waals surface area contributed by atoms with Crippen LogP contribution in [0, 0.1) is 0 Å². The van der Waals surface area contributed by atoms with E-state index in [0.29, 0.717) is 33.3 Å². The standard InChI is InChI=1S/C72H46BN3O/c1-6-23-47(24-7-1)51-43-67-69-68(44-51)77-72-60(42-41-58-57-35-18-19-38-62(57)74(71(58)72)52-31-14-5-15-32-52)73(69)61-45-59(50-29-12-4-13-30-50)65(75-63-39-20-16-33-55(63)56-34-17-21-40-64(56)75)46-66(61)76(67)70-53(48-25-8-2-9-26-48)36-22-37-54(70)49-27-10-3-11-28-49/h1-46H/i18D,19D,35D,38D. The normalized spacial score (nSPS) is 13.2. The first kappa shape index (κ1) is 39.4. The molecule has 16 rings (SSSR count). The van der Waals surface area contributed by atoms with Crippen LogP contribution in [0.4, 0.5) is 17.1 Å². The number of rotatable bonds is 7. The molecule has 77 heavy (non-hydrogen) atoms. The second-order valence-electron chi connectivity index (χ2n) is 20.0. The van der Waals surface area contributed by atoms with E-state index in [0.717, 1.165) is 100 Å². The van der Waals surface area contributed by atoms with Crippen LogP contribution < -0.4 is 26.0 Å². The average Bonchev–Trinajstić information content (AvgIpc) is 4.30. The molecule has 4 nitrogen and oxygen atoms in total. The van der Waals surface area contributed by atoms with Gasteiger partial charge >= 0.3 is 0 Å². The van der Waals surface area contributed by atoms with Crippen LogP contribution in [0.5, 0.6) is 11.5 Å². The first-order chi connectivity index (χ1) is 39.9. The lowest BCUT2D eigenvalue weighted by molar-refractivity contribution is 0.491. The molecule has 14 aromatic rings. The lowest BCUT2D eigenvalue weighted by atomic mass is 9.34. The smallest absolute Gasteiger partial charge is 0.256 e. The number of fused-ring (bicyclic) bond motifs is 11. The van der Waals surface area contributed by atoms with E-state index in [1.807, 2.05) is 41.0 Å². The van der Waals surface area contributed by atoms with Gasteiger partial charge in [-0.1, -0.05) is 230 Å². The second kappa shape index (κ2) is 17.2. The summed E-state index contributed by atoms with van der Waals surface area (Å²) in [4.78, 5) is 2.52. The fourth-order valence-electron chi connectivity index (χ4n) is 12.6. The van der Waals surface area contributed by atoms with Crippen molar-refractivity contribution in [3.63, 3.8) is 0 Å². The maximum absolute atomic E-state index is 9.53. The predicted octanol–water partition coefficient (Wildman–Crippen LogP) is 17.0. The van der Waals surface area contributed by atoms with E-state index in [4.69, 9.17) is 7.48 Å². The average molecular weight is 984 g/mol. The third-order valence-electron chi connectivity index (χ3n) is 15.9. The van der Waals surface area contributed by atoms with E-state index in [-0.39, 0.29) is 24.2 Å². The molecule has 0 amide bonds. The van der Waals surface area contributed by atoms with Crippen molar-refractivity contribution in [2.45, 2.75) is 0 Å². The topological polar surface area (TPSA) is 22.3 Å². The number of hydrogen-bond donors (Lipinski definition) is 0. The van der Waals surface area contributed by atoms with Gasteiger partial charge in [0.1, 0.15) is 11.5 Å². The van der Waals surface area contributed by atoms with Crippen LogP contribution in [-0.4, -0.2) is 15.8 Å². The Balaban J connectivity index is 1.11. The SMILES string of the molecule is [2H]c1c([2H])c([2H])c2c(c1[2H])c1ccc3c(c1n2-c1ccccc1)Oc1cc(-c2ccccc2)cc2c1B3c1cc(-c3ccccc3)c(-n3c4ccccc4c4ccccc43)cc1N2c1c(-c2ccccc2)cccc1-c1ccccc1. The van der Waals surface area contributed by atoms with Gasteiger partial charge < -0.3 is 18.8 Å². The second-order valence-corrected chi connectivity index (χ2v) is 20.0. The van der Waals surface area contributed by atoms with E-state index in [2.05, 4.69) is 228 Å². The first-order valence-electron chi connectivity index (χ1n) is 28.2. The highest BCUT2D eigenvalue weighted by Gasteiger charge is 2.45. The summed E-state index contributed by atoms with van der Waals surface area (Å²) in [5, 5.41) is 3.46. The van der Waals surface area contributed by atoms with E-state index < -0.39 is 6.71 Å². The molecule has 2 aliphatic rings. The third-order valence-corrected chi connectivity index (χ3v) is 15.9. The van der Waals surface area contributed by atoms with Gasteiger partial charge in [0, 0.05) is 55.3 Å². The van der Waals surface area contributed by atoms with Gasteiger partial charge in [0.05, 0.1) is 38.9 Å². The number of nitrogens with zero attached hydrogens (tertiary/aromatic N) is 3. The highest BCUT2D eigenvalue weighted by molar-refractivity contribution is 6.99. The summed E-state index contributed by atoms with van der Waals surface area (Å²) in [5.74, 6) is 1.28.